The van der Waals surface area contributed by atoms with Gasteiger partial charge in [0.25, 0.3) is 5.56 Å². The van der Waals surface area contributed by atoms with Gasteiger partial charge in [0.2, 0.25) is 5.91 Å². The number of nitrogens with two attached hydrogens (primary N) is 1. The third-order valence-electron chi connectivity index (χ3n) is 3.65. The topological polar surface area (TPSA) is 154 Å². The second-order valence-corrected chi connectivity index (χ2v) is 5.41. The van der Waals surface area contributed by atoms with Crippen molar-refractivity contribution in [2.45, 2.75) is 6.92 Å². The van der Waals surface area contributed by atoms with Gasteiger partial charge >= 0.3 is 0 Å². The summed E-state index contributed by atoms with van der Waals surface area (Å²) in [5.41, 5.74) is 5.35. The summed E-state index contributed by atoms with van der Waals surface area (Å²) >= 11 is 0. The minimum Gasteiger partial charge on any atom is -0.493 e. The third-order valence-corrected chi connectivity index (χ3v) is 3.65. The molecule has 0 unspecified atom stereocenters. The van der Waals surface area contributed by atoms with E-state index < -0.39 is 5.56 Å². The number of ether oxygens (including phenoxy) is 2. The van der Waals surface area contributed by atoms with Gasteiger partial charge in [0.15, 0.2) is 11.5 Å². The van der Waals surface area contributed by atoms with Crippen LogP contribution in [0.3, 0.4) is 0 Å². The largest absolute Gasteiger partial charge is 0.493 e. The normalized spacial score (nSPS) is 9.78. The molecule has 0 fully saturated rings. The van der Waals surface area contributed by atoms with Crippen molar-refractivity contribution < 1.29 is 14.3 Å². The number of anilines is 1. The molecule has 2 rings (SSSR count). The molecule has 0 saturated carbocycles. The highest BCUT2D eigenvalue weighted by Gasteiger charge is 2.19. The summed E-state index contributed by atoms with van der Waals surface area (Å²) in [7, 11) is 1.43. The van der Waals surface area contributed by atoms with Gasteiger partial charge in [0, 0.05) is 12.5 Å². The quantitative estimate of drug-likeness (QED) is 0.640. The molecule has 0 atom stereocenters. The number of hydrogen-bond donors (Lipinski definition) is 3. The van der Waals surface area contributed by atoms with Crippen LogP contribution >= 0.6 is 0 Å². The highest BCUT2D eigenvalue weighted by Crippen LogP contribution is 2.35. The maximum Gasteiger partial charge on any atom is 0.268 e. The van der Waals surface area contributed by atoms with Crippen molar-refractivity contribution in [1.29, 1.82) is 10.5 Å². The standard InChI is InChI=1S/C18H17N5O4/c1-10(24)22-5-6-27-14-4-3-11(7-15(14)26-2)16-12(8-19)17(21)23-18(25)13(16)9-20/h3-4,7H,5-6H2,1-2H3,(H,22,24)(H3,21,23,25). The lowest BCUT2D eigenvalue weighted by atomic mass is 9.96. The molecule has 0 aliphatic heterocycles. The van der Waals surface area contributed by atoms with Crippen LogP contribution in [0.5, 0.6) is 11.5 Å². The molecule has 0 aliphatic carbocycles. The Labute approximate surface area is 154 Å². The molecule has 0 aliphatic rings. The van der Waals surface area contributed by atoms with Crippen molar-refractivity contribution in [2.24, 2.45) is 0 Å². The zero-order valence-electron chi connectivity index (χ0n) is 14.8. The molecule has 9 heteroatoms. The average molecular weight is 367 g/mol. The molecule has 138 valence electrons. The lowest BCUT2D eigenvalue weighted by Crippen LogP contribution is -2.25. The summed E-state index contributed by atoms with van der Waals surface area (Å²) in [6.07, 6.45) is 0. The number of carbonyl (C=O) groups is 1. The first-order chi connectivity index (χ1) is 12.9. The maximum absolute atomic E-state index is 12.0. The predicted octanol–water partition coefficient (Wildman–Crippen LogP) is 0.891. The van der Waals surface area contributed by atoms with Crippen molar-refractivity contribution in [3.8, 4) is 34.8 Å². The van der Waals surface area contributed by atoms with Gasteiger partial charge < -0.3 is 25.5 Å². The van der Waals surface area contributed by atoms with E-state index in [1.165, 1.54) is 14.0 Å². The van der Waals surface area contributed by atoms with Gasteiger partial charge in [-0.3, -0.25) is 9.59 Å². The first-order valence-electron chi connectivity index (χ1n) is 7.84. The smallest absolute Gasteiger partial charge is 0.268 e. The van der Waals surface area contributed by atoms with E-state index in [2.05, 4.69) is 10.3 Å². The van der Waals surface area contributed by atoms with Crippen LogP contribution in [0.15, 0.2) is 23.0 Å². The third kappa shape index (κ3) is 4.17. The number of nitrogens with one attached hydrogen (secondary N) is 2. The first-order valence-corrected chi connectivity index (χ1v) is 7.84. The highest BCUT2D eigenvalue weighted by molar-refractivity contribution is 5.81. The number of benzene rings is 1. The number of pyridine rings is 1. The Kier molecular flexibility index (Phi) is 6.02. The van der Waals surface area contributed by atoms with Crippen LogP contribution < -0.4 is 26.1 Å². The van der Waals surface area contributed by atoms with Gasteiger partial charge in [-0.05, 0) is 17.7 Å². The van der Waals surface area contributed by atoms with Gasteiger partial charge in [0.1, 0.15) is 35.7 Å². The number of hydrogen-bond acceptors (Lipinski definition) is 7. The predicted molar refractivity (Wildman–Crippen MR) is 97.1 cm³/mol. The van der Waals surface area contributed by atoms with Gasteiger partial charge in [-0.25, -0.2) is 0 Å². The van der Waals surface area contributed by atoms with E-state index in [4.69, 9.17) is 15.2 Å². The van der Waals surface area contributed by atoms with E-state index in [0.29, 0.717) is 23.6 Å². The Bertz CT molecular complexity index is 1010. The Morgan fingerprint density at radius 3 is 2.56 bits per heavy atom. The fourth-order valence-electron chi connectivity index (χ4n) is 2.46. The number of methoxy groups -OCH3 is 1. The molecule has 1 heterocycles. The molecule has 9 nitrogen and oxygen atoms in total. The molecule has 27 heavy (non-hydrogen) atoms. The molecule has 0 radical (unpaired) electrons. The SMILES string of the molecule is COc1cc(-c2c(C#N)c(N)[nH]c(=O)c2C#N)ccc1OCCNC(C)=O. The van der Waals surface area contributed by atoms with Gasteiger partial charge in [-0.1, -0.05) is 6.07 Å². The van der Waals surface area contributed by atoms with Crippen molar-refractivity contribution in [1.82, 2.24) is 10.3 Å². The zero-order chi connectivity index (χ0) is 20.0. The fraction of sp³-hybridized carbons (Fsp3) is 0.222. The summed E-state index contributed by atoms with van der Waals surface area (Å²) in [6, 6.07) is 8.44. The van der Waals surface area contributed by atoms with Crippen molar-refractivity contribution in [2.75, 3.05) is 26.0 Å². The van der Waals surface area contributed by atoms with Gasteiger partial charge in [-0.15, -0.1) is 0 Å². The molecule has 0 saturated heterocycles. The van der Waals surface area contributed by atoms with E-state index in [1.807, 2.05) is 6.07 Å². The van der Waals surface area contributed by atoms with Gasteiger partial charge in [-0.2, -0.15) is 10.5 Å². The summed E-state index contributed by atoms with van der Waals surface area (Å²) in [5.74, 6) is 0.454. The number of nitriles is 2. The van der Waals surface area contributed by atoms with E-state index in [0.717, 1.165) is 0 Å². The minimum absolute atomic E-state index is 0.00692. The Morgan fingerprint density at radius 1 is 1.26 bits per heavy atom. The number of carbonyl (C=O) groups excluding carboxylic acids is 1. The first kappa shape index (κ1) is 19.3. The maximum atomic E-state index is 12.0. The Morgan fingerprint density at radius 2 is 1.96 bits per heavy atom. The van der Waals surface area contributed by atoms with Crippen LogP contribution in [-0.4, -0.2) is 31.2 Å². The van der Waals surface area contributed by atoms with Crippen molar-refractivity contribution in [3.63, 3.8) is 0 Å². The molecule has 1 aromatic heterocycles. The van der Waals surface area contributed by atoms with Crippen LogP contribution in [-0.2, 0) is 4.79 Å². The molecule has 0 bridgehead atoms. The van der Waals surface area contributed by atoms with Crippen LogP contribution in [0.1, 0.15) is 18.1 Å². The van der Waals surface area contributed by atoms with E-state index in [9.17, 15) is 20.1 Å². The van der Waals surface area contributed by atoms with E-state index in [1.54, 1.807) is 24.3 Å². The molecular formula is C18H17N5O4. The summed E-state index contributed by atoms with van der Waals surface area (Å²) in [6.45, 7) is 1.95. The average Bonchev–Trinajstić information content (AvgIpc) is 2.64. The molecule has 1 amide bonds. The zero-order valence-corrected chi connectivity index (χ0v) is 14.8. The second-order valence-electron chi connectivity index (χ2n) is 5.41. The summed E-state index contributed by atoms with van der Waals surface area (Å²) in [4.78, 5) is 25.2. The van der Waals surface area contributed by atoms with Crippen molar-refractivity contribution >= 4 is 11.7 Å². The minimum atomic E-state index is -0.682. The molecule has 0 spiro atoms. The number of aromatic nitrogens is 1. The summed E-state index contributed by atoms with van der Waals surface area (Å²) < 4.78 is 10.9. The number of rotatable bonds is 6. The second kappa shape index (κ2) is 8.41. The lowest BCUT2D eigenvalue weighted by Gasteiger charge is -2.14. The monoisotopic (exact) mass is 367 g/mol. The molecule has 2 aromatic rings. The Hall–Kier alpha value is -3.98. The highest BCUT2D eigenvalue weighted by atomic mass is 16.5. The number of aromatic amines is 1. The molecular weight excluding hydrogens is 350 g/mol. The molecule has 4 N–H and O–H groups in total. The lowest BCUT2D eigenvalue weighted by molar-refractivity contribution is -0.119. The number of amides is 1. The van der Waals surface area contributed by atoms with Crippen molar-refractivity contribution in [3.05, 3.63) is 39.7 Å². The Balaban J connectivity index is 2.47. The summed E-state index contributed by atoms with van der Waals surface area (Å²) in [5, 5.41) is 21.3. The van der Waals surface area contributed by atoms with Crippen LogP contribution in [0.2, 0.25) is 0 Å². The number of nitrogens with zero attached hydrogens (tertiary/aromatic N) is 2. The van der Waals surface area contributed by atoms with Crippen LogP contribution in [0.25, 0.3) is 11.1 Å². The van der Waals surface area contributed by atoms with Crippen LogP contribution in [0.4, 0.5) is 5.82 Å². The molecule has 1 aromatic carbocycles. The van der Waals surface area contributed by atoms with E-state index in [-0.39, 0.29) is 35.0 Å². The van der Waals surface area contributed by atoms with Gasteiger partial charge in [0.05, 0.1) is 13.7 Å². The fourth-order valence-corrected chi connectivity index (χ4v) is 2.46. The number of H-pyrrole nitrogens is 1. The number of nitrogen functional groups attached to an aromatic ring is 1. The van der Waals surface area contributed by atoms with Crippen LogP contribution in [0, 0.1) is 22.7 Å². The van der Waals surface area contributed by atoms with E-state index >= 15 is 0 Å².